The fourth-order valence-electron chi connectivity index (χ4n) is 3.15. The highest BCUT2D eigenvalue weighted by molar-refractivity contribution is 5.88. The second kappa shape index (κ2) is 11.7. The highest BCUT2D eigenvalue weighted by Crippen LogP contribution is 2.25. The summed E-state index contributed by atoms with van der Waals surface area (Å²) in [6, 6.07) is 16.6. The molecule has 0 spiro atoms. The van der Waals surface area contributed by atoms with Crippen LogP contribution in [0.4, 0.5) is 0 Å². The Hall–Kier alpha value is -3.02. The molecule has 0 aromatic heterocycles. The molecule has 1 atom stereocenters. The summed E-state index contributed by atoms with van der Waals surface area (Å²) < 4.78 is 11.0. The zero-order valence-corrected chi connectivity index (χ0v) is 17.4. The molecule has 0 heterocycles. The summed E-state index contributed by atoms with van der Waals surface area (Å²) in [6.07, 6.45) is 1.19. The first-order valence-corrected chi connectivity index (χ1v) is 9.97. The molecule has 29 heavy (non-hydrogen) atoms. The van der Waals surface area contributed by atoms with Crippen molar-refractivity contribution in [3.05, 3.63) is 60.2 Å². The third kappa shape index (κ3) is 6.52. The van der Waals surface area contributed by atoms with E-state index in [0.29, 0.717) is 37.4 Å². The van der Waals surface area contributed by atoms with Crippen molar-refractivity contribution >= 4 is 11.8 Å². The number of ether oxygens (including phenoxy) is 2. The van der Waals surface area contributed by atoms with E-state index in [2.05, 4.69) is 5.32 Å². The third-order valence-electron chi connectivity index (χ3n) is 4.64. The van der Waals surface area contributed by atoms with Crippen LogP contribution in [0.25, 0.3) is 0 Å². The Morgan fingerprint density at radius 2 is 1.66 bits per heavy atom. The quantitative estimate of drug-likeness (QED) is 0.632. The predicted octanol–water partition coefficient (Wildman–Crippen LogP) is 3.06. The molecule has 1 N–H and O–H groups in total. The zero-order valence-electron chi connectivity index (χ0n) is 17.4. The molecular formula is C23H30N2O4. The van der Waals surface area contributed by atoms with Crippen molar-refractivity contribution in [2.45, 2.75) is 32.7 Å². The van der Waals surface area contributed by atoms with E-state index in [9.17, 15) is 9.59 Å². The average molecular weight is 399 g/mol. The van der Waals surface area contributed by atoms with Gasteiger partial charge >= 0.3 is 0 Å². The Morgan fingerprint density at radius 3 is 2.28 bits per heavy atom. The average Bonchev–Trinajstić information content (AvgIpc) is 2.75. The first-order chi connectivity index (χ1) is 14.1. The van der Waals surface area contributed by atoms with Gasteiger partial charge in [-0.25, -0.2) is 0 Å². The highest BCUT2D eigenvalue weighted by Gasteiger charge is 2.28. The number of carbonyl (C=O) groups is 2. The molecular weight excluding hydrogens is 368 g/mol. The van der Waals surface area contributed by atoms with Crippen LogP contribution in [0.2, 0.25) is 0 Å². The zero-order chi connectivity index (χ0) is 21.1. The maximum absolute atomic E-state index is 13.0. The third-order valence-corrected chi connectivity index (χ3v) is 4.64. The molecule has 6 heteroatoms. The fourth-order valence-corrected chi connectivity index (χ4v) is 3.15. The van der Waals surface area contributed by atoms with Gasteiger partial charge in [0.2, 0.25) is 5.91 Å². The SMILES string of the molecule is CCNC(=O)[C@H](CC)N(CCc1ccccc1)C(=O)COc1ccccc1OC. The topological polar surface area (TPSA) is 67.9 Å². The number of methoxy groups -OCH3 is 1. The first-order valence-electron chi connectivity index (χ1n) is 9.97. The van der Waals surface area contributed by atoms with Crippen LogP contribution in [0.15, 0.2) is 54.6 Å². The summed E-state index contributed by atoms with van der Waals surface area (Å²) in [7, 11) is 1.55. The fraction of sp³-hybridized carbons (Fsp3) is 0.391. The van der Waals surface area contributed by atoms with Gasteiger partial charge in [0.1, 0.15) is 6.04 Å². The van der Waals surface area contributed by atoms with E-state index in [1.54, 1.807) is 24.1 Å². The van der Waals surface area contributed by atoms with Crippen molar-refractivity contribution in [2.75, 3.05) is 26.8 Å². The maximum Gasteiger partial charge on any atom is 0.261 e. The Bertz CT molecular complexity index is 779. The first kappa shape index (κ1) is 22.3. The van der Waals surface area contributed by atoms with Crippen molar-refractivity contribution in [2.24, 2.45) is 0 Å². The van der Waals surface area contributed by atoms with Crippen LogP contribution in [-0.4, -0.2) is 49.6 Å². The summed E-state index contributed by atoms with van der Waals surface area (Å²) in [6.45, 7) is 4.57. The number of nitrogens with zero attached hydrogens (tertiary/aromatic N) is 1. The minimum absolute atomic E-state index is 0.145. The molecule has 0 unspecified atom stereocenters. The minimum atomic E-state index is -0.535. The smallest absolute Gasteiger partial charge is 0.261 e. The summed E-state index contributed by atoms with van der Waals surface area (Å²) in [5.41, 5.74) is 1.11. The summed E-state index contributed by atoms with van der Waals surface area (Å²) in [4.78, 5) is 27.2. The van der Waals surface area contributed by atoms with Crippen LogP contribution in [0.1, 0.15) is 25.8 Å². The Morgan fingerprint density at radius 1 is 1.00 bits per heavy atom. The van der Waals surface area contributed by atoms with Crippen LogP contribution in [0, 0.1) is 0 Å². The molecule has 0 saturated heterocycles. The number of para-hydroxylation sites is 2. The van der Waals surface area contributed by atoms with Crippen LogP contribution >= 0.6 is 0 Å². The molecule has 2 rings (SSSR count). The van der Waals surface area contributed by atoms with Crippen molar-refractivity contribution in [3.8, 4) is 11.5 Å². The van der Waals surface area contributed by atoms with Crippen molar-refractivity contribution in [3.63, 3.8) is 0 Å². The molecule has 0 radical (unpaired) electrons. The Kier molecular flexibility index (Phi) is 9.02. The Balaban J connectivity index is 2.13. The number of carbonyl (C=O) groups excluding carboxylic acids is 2. The molecule has 2 amide bonds. The predicted molar refractivity (Wildman–Crippen MR) is 113 cm³/mol. The van der Waals surface area contributed by atoms with E-state index in [0.717, 1.165) is 5.56 Å². The van der Waals surface area contributed by atoms with Gasteiger partial charge in [0, 0.05) is 13.1 Å². The molecule has 0 fully saturated rings. The van der Waals surface area contributed by atoms with Gasteiger partial charge in [-0.2, -0.15) is 0 Å². The molecule has 0 aliphatic carbocycles. The van der Waals surface area contributed by atoms with E-state index in [4.69, 9.17) is 9.47 Å². The monoisotopic (exact) mass is 398 g/mol. The number of hydrogen-bond acceptors (Lipinski definition) is 4. The van der Waals surface area contributed by atoms with Crippen LogP contribution in [-0.2, 0) is 16.0 Å². The number of likely N-dealkylation sites (N-methyl/N-ethyl adjacent to an activating group) is 1. The molecule has 2 aromatic carbocycles. The van der Waals surface area contributed by atoms with Gasteiger partial charge in [0.05, 0.1) is 7.11 Å². The van der Waals surface area contributed by atoms with Crippen molar-refractivity contribution < 1.29 is 19.1 Å². The molecule has 0 bridgehead atoms. The van der Waals surface area contributed by atoms with E-state index in [1.807, 2.05) is 56.3 Å². The molecule has 0 saturated carbocycles. The second-order valence-corrected chi connectivity index (χ2v) is 6.58. The lowest BCUT2D eigenvalue weighted by Gasteiger charge is -2.30. The van der Waals surface area contributed by atoms with E-state index in [1.165, 1.54) is 0 Å². The maximum atomic E-state index is 13.0. The van der Waals surface area contributed by atoms with E-state index in [-0.39, 0.29) is 18.4 Å². The summed E-state index contributed by atoms with van der Waals surface area (Å²) in [5.74, 6) is 0.683. The lowest BCUT2D eigenvalue weighted by Crippen LogP contribution is -2.51. The highest BCUT2D eigenvalue weighted by atomic mass is 16.5. The van der Waals surface area contributed by atoms with E-state index < -0.39 is 6.04 Å². The largest absolute Gasteiger partial charge is 0.493 e. The van der Waals surface area contributed by atoms with Gasteiger partial charge in [-0.15, -0.1) is 0 Å². The van der Waals surface area contributed by atoms with Crippen LogP contribution < -0.4 is 14.8 Å². The number of nitrogens with one attached hydrogen (secondary N) is 1. The molecule has 0 aliphatic heterocycles. The van der Waals surface area contributed by atoms with Gasteiger partial charge in [-0.05, 0) is 37.5 Å². The standard InChI is InChI=1S/C23H30N2O4/c1-4-19(23(27)24-5-2)25(16-15-18-11-7-6-8-12-18)22(26)17-29-21-14-10-9-13-20(21)28-3/h6-14,19H,4-5,15-17H2,1-3H3,(H,24,27)/t19-/m0/s1. The van der Waals surface area contributed by atoms with Gasteiger partial charge in [-0.1, -0.05) is 49.4 Å². The number of rotatable bonds is 11. The van der Waals surface area contributed by atoms with Crippen molar-refractivity contribution in [1.29, 1.82) is 0 Å². The number of hydrogen-bond donors (Lipinski definition) is 1. The lowest BCUT2D eigenvalue weighted by atomic mass is 10.1. The van der Waals surface area contributed by atoms with Crippen LogP contribution in [0.5, 0.6) is 11.5 Å². The molecule has 156 valence electrons. The number of amides is 2. The summed E-state index contributed by atoms with van der Waals surface area (Å²) in [5, 5.41) is 2.83. The normalized spacial score (nSPS) is 11.4. The number of benzene rings is 2. The molecule has 2 aromatic rings. The van der Waals surface area contributed by atoms with Crippen LogP contribution in [0.3, 0.4) is 0 Å². The second-order valence-electron chi connectivity index (χ2n) is 6.58. The van der Waals surface area contributed by atoms with Gasteiger partial charge in [-0.3, -0.25) is 9.59 Å². The van der Waals surface area contributed by atoms with Gasteiger partial charge < -0.3 is 19.7 Å². The summed E-state index contributed by atoms with van der Waals surface area (Å²) >= 11 is 0. The van der Waals surface area contributed by atoms with E-state index >= 15 is 0 Å². The van der Waals surface area contributed by atoms with Gasteiger partial charge in [0.25, 0.3) is 5.91 Å². The Labute approximate surface area is 172 Å². The molecule has 6 nitrogen and oxygen atoms in total. The minimum Gasteiger partial charge on any atom is -0.493 e. The van der Waals surface area contributed by atoms with Crippen molar-refractivity contribution in [1.82, 2.24) is 10.2 Å². The lowest BCUT2D eigenvalue weighted by molar-refractivity contribution is -0.142. The molecule has 0 aliphatic rings. The van der Waals surface area contributed by atoms with Gasteiger partial charge in [0.15, 0.2) is 18.1 Å².